The van der Waals surface area contributed by atoms with Crippen LogP contribution in [0, 0.1) is 0 Å². The third-order valence-corrected chi connectivity index (χ3v) is 1.60. The van der Waals surface area contributed by atoms with E-state index in [-0.39, 0.29) is 0 Å². The summed E-state index contributed by atoms with van der Waals surface area (Å²) in [5.41, 5.74) is -1.63. The molecule has 6 nitrogen and oxygen atoms in total. The van der Waals surface area contributed by atoms with Crippen molar-refractivity contribution in [2.75, 3.05) is 0 Å². The number of aliphatic hydroxyl groups excluding tert-OH is 2. The van der Waals surface area contributed by atoms with Crippen molar-refractivity contribution in [1.29, 1.82) is 0 Å². The molecule has 0 bridgehead atoms. The van der Waals surface area contributed by atoms with Crippen molar-refractivity contribution in [3.8, 4) is 0 Å². The van der Waals surface area contributed by atoms with Crippen LogP contribution < -0.4 is 0 Å². The highest BCUT2D eigenvalue weighted by atomic mass is 16.6. The van der Waals surface area contributed by atoms with E-state index in [0.717, 1.165) is 0 Å². The molecule has 0 aromatic carbocycles. The first-order valence-corrected chi connectivity index (χ1v) is 5.65. The summed E-state index contributed by atoms with van der Waals surface area (Å²) in [6, 6.07) is 0. The van der Waals surface area contributed by atoms with Crippen LogP contribution in [0.4, 0.5) is 0 Å². The average molecular weight is 262 g/mol. The molecule has 2 N–H and O–H groups in total. The van der Waals surface area contributed by atoms with E-state index in [2.05, 4.69) is 0 Å². The Morgan fingerprint density at radius 1 is 0.778 bits per heavy atom. The lowest BCUT2D eigenvalue weighted by molar-refractivity contribution is -0.185. The van der Waals surface area contributed by atoms with Gasteiger partial charge in [-0.1, -0.05) is 0 Å². The number of esters is 2. The monoisotopic (exact) mass is 262 g/mol. The van der Waals surface area contributed by atoms with Gasteiger partial charge in [0.05, 0.1) is 0 Å². The van der Waals surface area contributed by atoms with Crippen LogP contribution in [0.2, 0.25) is 0 Å². The van der Waals surface area contributed by atoms with E-state index < -0.39 is 35.3 Å². The normalized spacial score (nSPS) is 15.8. The largest absolute Gasteiger partial charge is 0.458 e. The Morgan fingerprint density at radius 3 is 1.17 bits per heavy atom. The third kappa shape index (κ3) is 6.56. The predicted molar refractivity (Wildman–Crippen MR) is 63.7 cm³/mol. The molecule has 0 spiro atoms. The Balaban J connectivity index is 4.55. The van der Waals surface area contributed by atoms with Crippen LogP contribution in [0.25, 0.3) is 0 Å². The maximum absolute atomic E-state index is 11.4. The maximum atomic E-state index is 11.4. The maximum Gasteiger partial charge on any atom is 0.338 e. The van der Waals surface area contributed by atoms with E-state index in [1.807, 2.05) is 0 Å². The minimum atomic E-state index is -1.96. The summed E-state index contributed by atoms with van der Waals surface area (Å²) in [6.07, 6.45) is -3.92. The zero-order valence-electron chi connectivity index (χ0n) is 11.7. The van der Waals surface area contributed by atoms with Crippen molar-refractivity contribution in [2.24, 2.45) is 0 Å². The van der Waals surface area contributed by atoms with Crippen LogP contribution in [0.5, 0.6) is 0 Å². The fraction of sp³-hybridized carbons (Fsp3) is 0.833. The summed E-state index contributed by atoms with van der Waals surface area (Å²) < 4.78 is 9.69. The molecule has 0 aliphatic rings. The second-order valence-corrected chi connectivity index (χ2v) is 5.96. The summed E-state index contributed by atoms with van der Waals surface area (Å²) >= 11 is 0. The summed E-state index contributed by atoms with van der Waals surface area (Å²) in [6.45, 7) is 9.65. The van der Waals surface area contributed by atoms with Crippen molar-refractivity contribution >= 4 is 11.9 Å². The predicted octanol–water partition coefficient (Wildman–Crippen LogP) is 0.392. The van der Waals surface area contributed by atoms with Crippen LogP contribution in [0.1, 0.15) is 41.5 Å². The van der Waals surface area contributed by atoms with E-state index in [1.165, 1.54) is 0 Å². The first kappa shape index (κ1) is 16.9. The first-order chi connectivity index (χ1) is 7.83. The number of ether oxygens (including phenoxy) is 2. The lowest BCUT2D eigenvalue weighted by Gasteiger charge is -2.25. The SMILES string of the molecule is CC(C)(C)OC(=O)[C@H](O)[C@@H](O)C(=O)OC(C)(C)C. The highest BCUT2D eigenvalue weighted by Gasteiger charge is 2.36. The highest BCUT2D eigenvalue weighted by molar-refractivity contribution is 5.85. The number of aliphatic hydroxyl groups is 2. The summed E-state index contributed by atoms with van der Waals surface area (Å²) in [5.74, 6) is -2.14. The van der Waals surface area contributed by atoms with Gasteiger partial charge in [-0.25, -0.2) is 9.59 Å². The Hall–Kier alpha value is -1.14. The second-order valence-electron chi connectivity index (χ2n) is 5.96. The number of hydrogen-bond donors (Lipinski definition) is 2. The molecular weight excluding hydrogens is 240 g/mol. The molecule has 2 atom stereocenters. The second kappa shape index (κ2) is 5.67. The summed E-state index contributed by atoms with van der Waals surface area (Å²) in [7, 11) is 0. The molecule has 0 saturated heterocycles. The van der Waals surface area contributed by atoms with Crippen molar-refractivity contribution in [1.82, 2.24) is 0 Å². The number of carbonyl (C=O) groups is 2. The molecule has 106 valence electrons. The van der Waals surface area contributed by atoms with E-state index >= 15 is 0 Å². The van der Waals surface area contributed by atoms with Crippen molar-refractivity contribution in [3.63, 3.8) is 0 Å². The van der Waals surface area contributed by atoms with Gasteiger partial charge in [-0.15, -0.1) is 0 Å². The zero-order chi connectivity index (χ0) is 14.7. The molecule has 6 heteroatoms. The van der Waals surface area contributed by atoms with Crippen molar-refractivity contribution in [3.05, 3.63) is 0 Å². The molecule has 0 amide bonds. The Morgan fingerprint density at radius 2 is 1.00 bits per heavy atom. The van der Waals surface area contributed by atoms with E-state index in [0.29, 0.717) is 0 Å². The van der Waals surface area contributed by atoms with Crippen molar-refractivity contribution in [2.45, 2.75) is 65.0 Å². The summed E-state index contributed by atoms with van der Waals surface area (Å²) in [4.78, 5) is 22.9. The topological polar surface area (TPSA) is 93.1 Å². The quantitative estimate of drug-likeness (QED) is 0.715. The highest BCUT2D eigenvalue weighted by Crippen LogP contribution is 2.13. The van der Waals surface area contributed by atoms with Gasteiger partial charge < -0.3 is 19.7 Å². The number of rotatable bonds is 3. The van der Waals surface area contributed by atoms with Crippen LogP contribution in [0.3, 0.4) is 0 Å². The standard InChI is InChI=1S/C12H22O6/c1-11(2,3)17-9(15)7(13)8(14)10(16)18-12(4,5)6/h7-8,13-14H,1-6H3/t7-,8-/m1/s1. The van der Waals surface area contributed by atoms with Gasteiger partial charge in [0.2, 0.25) is 0 Å². The van der Waals surface area contributed by atoms with E-state index in [1.54, 1.807) is 41.5 Å². The molecule has 0 aliphatic heterocycles. The lowest BCUT2D eigenvalue weighted by Crippen LogP contribution is -2.45. The van der Waals surface area contributed by atoms with E-state index in [4.69, 9.17) is 9.47 Å². The molecule has 0 rings (SSSR count). The Labute approximate surface area is 107 Å². The molecule has 0 aromatic heterocycles. The van der Waals surface area contributed by atoms with Crippen LogP contribution in [0.15, 0.2) is 0 Å². The molecule has 18 heavy (non-hydrogen) atoms. The van der Waals surface area contributed by atoms with Crippen LogP contribution in [-0.2, 0) is 19.1 Å². The van der Waals surface area contributed by atoms with Gasteiger partial charge in [-0.05, 0) is 41.5 Å². The minimum absolute atomic E-state index is 0.814. The lowest BCUT2D eigenvalue weighted by atomic mass is 10.1. The van der Waals surface area contributed by atoms with Crippen molar-refractivity contribution < 1.29 is 29.3 Å². The molecule has 0 heterocycles. The van der Waals surface area contributed by atoms with Crippen LogP contribution in [-0.4, -0.2) is 45.6 Å². The fourth-order valence-electron chi connectivity index (χ4n) is 0.982. The first-order valence-electron chi connectivity index (χ1n) is 5.65. The Bertz CT molecular complexity index is 278. The van der Waals surface area contributed by atoms with Gasteiger partial charge in [0.1, 0.15) is 11.2 Å². The molecule has 0 saturated carbocycles. The molecule has 0 aliphatic carbocycles. The zero-order valence-corrected chi connectivity index (χ0v) is 11.7. The van der Waals surface area contributed by atoms with Gasteiger partial charge in [-0.3, -0.25) is 0 Å². The van der Waals surface area contributed by atoms with Gasteiger partial charge in [-0.2, -0.15) is 0 Å². The van der Waals surface area contributed by atoms with Crippen LogP contribution >= 0.6 is 0 Å². The smallest absolute Gasteiger partial charge is 0.338 e. The van der Waals surface area contributed by atoms with Gasteiger partial charge in [0.15, 0.2) is 12.2 Å². The van der Waals surface area contributed by atoms with Gasteiger partial charge >= 0.3 is 11.9 Å². The third-order valence-electron chi connectivity index (χ3n) is 1.60. The molecule has 0 radical (unpaired) electrons. The fourth-order valence-corrected chi connectivity index (χ4v) is 0.982. The molecule has 0 aromatic rings. The minimum Gasteiger partial charge on any atom is -0.458 e. The molecular formula is C12H22O6. The van der Waals surface area contributed by atoms with Gasteiger partial charge in [0.25, 0.3) is 0 Å². The average Bonchev–Trinajstić information content (AvgIpc) is 2.09. The van der Waals surface area contributed by atoms with E-state index in [9.17, 15) is 19.8 Å². The number of carbonyl (C=O) groups excluding carboxylic acids is 2. The molecule has 0 fully saturated rings. The number of hydrogen-bond acceptors (Lipinski definition) is 6. The summed E-state index contributed by atoms with van der Waals surface area (Å²) in [5, 5.41) is 19.0. The Kier molecular flexibility index (Phi) is 5.31. The van der Waals surface area contributed by atoms with Gasteiger partial charge in [0, 0.05) is 0 Å². The molecule has 0 unspecified atom stereocenters.